The van der Waals surface area contributed by atoms with Crippen LogP contribution in [0.5, 0.6) is 0 Å². The second-order valence-electron chi connectivity index (χ2n) is 6.00. The third-order valence-corrected chi connectivity index (χ3v) is 5.41. The number of rotatable bonds is 6. The summed E-state index contributed by atoms with van der Waals surface area (Å²) in [5.41, 5.74) is 1.94. The number of nitriles is 1. The fourth-order valence-corrected chi connectivity index (χ4v) is 3.68. The van der Waals surface area contributed by atoms with Gasteiger partial charge in [0.15, 0.2) is 0 Å². The molecule has 1 fully saturated rings. The van der Waals surface area contributed by atoms with E-state index in [-0.39, 0.29) is 10.8 Å². The summed E-state index contributed by atoms with van der Waals surface area (Å²) < 4.78 is 24.6. The lowest BCUT2D eigenvalue weighted by Crippen LogP contribution is -2.25. The van der Waals surface area contributed by atoms with Gasteiger partial charge in [0.1, 0.15) is 0 Å². The van der Waals surface area contributed by atoms with Crippen LogP contribution in [0.25, 0.3) is 0 Å². The number of hydrogen-bond donors (Lipinski definition) is 1. The molecule has 1 aliphatic carbocycles. The number of benzene rings is 1. The average Bonchev–Trinajstić information content (AvgIpc) is 2.55. The van der Waals surface area contributed by atoms with E-state index in [0.29, 0.717) is 6.42 Å². The lowest BCUT2D eigenvalue weighted by Gasteiger charge is -2.23. The zero-order valence-electron chi connectivity index (χ0n) is 13.5. The molecule has 0 saturated heterocycles. The second kappa shape index (κ2) is 8.11. The van der Waals surface area contributed by atoms with Crippen molar-refractivity contribution in [2.45, 2.75) is 56.8 Å². The third kappa shape index (κ3) is 5.07. The van der Waals surface area contributed by atoms with Gasteiger partial charge in [-0.15, -0.1) is 0 Å². The first kappa shape index (κ1) is 17.5. The van der Waals surface area contributed by atoms with Gasteiger partial charge in [-0.05, 0) is 57.1 Å². The minimum Gasteiger partial charge on any atom is -0.200 e. The molecular weight excluding hydrogens is 310 g/mol. The molecule has 1 saturated carbocycles. The third-order valence-electron chi connectivity index (χ3n) is 4.19. The Morgan fingerprint density at radius 3 is 2.74 bits per heavy atom. The van der Waals surface area contributed by atoms with Crippen molar-refractivity contribution in [2.24, 2.45) is 11.0 Å². The van der Waals surface area contributed by atoms with E-state index in [1.54, 1.807) is 24.3 Å². The predicted octanol–water partition coefficient (Wildman–Crippen LogP) is 3.51. The topological polar surface area (TPSA) is 82.3 Å². The van der Waals surface area contributed by atoms with Crippen molar-refractivity contribution in [2.75, 3.05) is 0 Å². The Morgan fingerprint density at radius 2 is 2.04 bits per heavy atom. The van der Waals surface area contributed by atoms with E-state index in [2.05, 4.69) is 16.0 Å². The maximum atomic E-state index is 12.3. The Balaban J connectivity index is 2.06. The molecular formula is C17H23N3O2S. The summed E-state index contributed by atoms with van der Waals surface area (Å²) in [4.78, 5) is 2.61. The molecule has 1 aliphatic rings. The molecule has 0 spiro atoms. The summed E-state index contributed by atoms with van der Waals surface area (Å²) in [6.07, 6.45) is 6.31. The molecule has 1 aromatic carbocycles. The van der Waals surface area contributed by atoms with Crippen LogP contribution in [0.4, 0.5) is 0 Å². The van der Waals surface area contributed by atoms with Crippen molar-refractivity contribution in [3.05, 3.63) is 29.8 Å². The van der Waals surface area contributed by atoms with Crippen LogP contribution in [0.1, 0.15) is 50.5 Å². The van der Waals surface area contributed by atoms with Gasteiger partial charge in [-0.1, -0.05) is 24.1 Å². The summed E-state index contributed by atoms with van der Waals surface area (Å²) >= 11 is 0. The van der Waals surface area contributed by atoms with E-state index in [1.165, 1.54) is 0 Å². The zero-order chi connectivity index (χ0) is 16.7. The SMILES string of the molecule is Cc1ccc(S(=O)(=O)N/N=C2\CCCCC2CCCC#N)cc1. The molecule has 0 bridgehead atoms. The summed E-state index contributed by atoms with van der Waals surface area (Å²) in [5.74, 6) is 0.290. The maximum absolute atomic E-state index is 12.3. The predicted molar refractivity (Wildman–Crippen MR) is 90.4 cm³/mol. The molecule has 0 radical (unpaired) electrons. The van der Waals surface area contributed by atoms with E-state index in [0.717, 1.165) is 49.8 Å². The van der Waals surface area contributed by atoms with Crippen LogP contribution in [0.3, 0.4) is 0 Å². The summed E-state index contributed by atoms with van der Waals surface area (Å²) in [6.45, 7) is 1.91. The number of sulfonamides is 1. The fourth-order valence-electron chi connectivity index (χ4n) is 2.84. The summed E-state index contributed by atoms with van der Waals surface area (Å²) in [7, 11) is -3.61. The molecule has 0 aromatic heterocycles. The molecule has 6 heteroatoms. The molecule has 124 valence electrons. The number of hydrazone groups is 1. The minimum atomic E-state index is -3.61. The Hall–Kier alpha value is -1.87. The Morgan fingerprint density at radius 1 is 1.30 bits per heavy atom. The van der Waals surface area contributed by atoms with Crippen LogP contribution >= 0.6 is 0 Å². The largest absolute Gasteiger partial charge is 0.276 e. The molecule has 5 nitrogen and oxygen atoms in total. The molecule has 23 heavy (non-hydrogen) atoms. The first-order valence-electron chi connectivity index (χ1n) is 8.05. The maximum Gasteiger partial charge on any atom is 0.276 e. The van der Waals surface area contributed by atoms with E-state index < -0.39 is 10.0 Å². The standard InChI is InChI=1S/C17H23N3O2S/c1-14-9-11-16(12-10-14)23(21,22)20-19-17-8-3-2-6-15(17)7-4-5-13-18/h9-12,15,20H,2-8H2,1H3/b19-17+. The van der Waals surface area contributed by atoms with Crippen molar-refractivity contribution in [1.82, 2.24) is 4.83 Å². The quantitative estimate of drug-likeness (QED) is 0.639. The molecule has 0 amide bonds. The van der Waals surface area contributed by atoms with Gasteiger partial charge in [0.05, 0.1) is 11.0 Å². The Labute approximate surface area is 138 Å². The van der Waals surface area contributed by atoms with Crippen molar-refractivity contribution in [3.63, 3.8) is 0 Å². The highest BCUT2D eigenvalue weighted by atomic mass is 32.2. The monoisotopic (exact) mass is 333 g/mol. The number of hydrogen-bond acceptors (Lipinski definition) is 4. The van der Waals surface area contributed by atoms with Crippen LogP contribution < -0.4 is 4.83 Å². The highest BCUT2D eigenvalue weighted by Crippen LogP contribution is 2.26. The van der Waals surface area contributed by atoms with Crippen LogP contribution in [0.15, 0.2) is 34.3 Å². The van der Waals surface area contributed by atoms with Crippen molar-refractivity contribution < 1.29 is 8.42 Å². The molecule has 0 aliphatic heterocycles. The van der Waals surface area contributed by atoms with Gasteiger partial charge < -0.3 is 0 Å². The first-order chi connectivity index (χ1) is 11.0. The van der Waals surface area contributed by atoms with E-state index >= 15 is 0 Å². The van der Waals surface area contributed by atoms with Crippen LogP contribution in [0, 0.1) is 24.2 Å². The van der Waals surface area contributed by atoms with Gasteiger partial charge in [0.2, 0.25) is 0 Å². The minimum absolute atomic E-state index is 0.226. The molecule has 0 heterocycles. The molecule has 1 atom stereocenters. The van der Waals surface area contributed by atoms with Gasteiger partial charge >= 0.3 is 0 Å². The van der Waals surface area contributed by atoms with E-state index in [9.17, 15) is 8.42 Å². The van der Waals surface area contributed by atoms with Gasteiger partial charge in [-0.3, -0.25) is 0 Å². The van der Waals surface area contributed by atoms with Gasteiger partial charge in [-0.2, -0.15) is 18.8 Å². The highest BCUT2D eigenvalue weighted by molar-refractivity contribution is 7.89. The number of nitrogens with one attached hydrogen (secondary N) is 1. The van der Waals surface area contributed by atoms with Crippen LogP contribution in [-0.4, -0.2) is 14.1 Å². The summed E-state index contributed by atoms with van der Waals surface area (Å²) in [6, 6.07) is 8.87. The molecule has 1 unspecified atom stereocenters. The van der Waals surface area contributed by atoms with E-state index in [4.69, 9.17) is 5.26 Å². The zero-order valence-corrected chi connectivity index (χ0v) is 14.3. The van der Waals surface area contributed by atoms with Gasteiger partial charge in [-0.25, -0.2) is 4.83 Å². The van der Waals surface area contributed by atoms with Gasteiger partial charge in [0, 0.05) is 12.1 Å². The van der Waals surface area contributed by atoms with Crippen molar-refractivity contribution >= 4 is 15.7 Å². The lowest BCUT2D eigenvalue weighted by atomic mass is 9.84. The molecule has 1 N–H and O–H groups in total. The normalized spacial score (nSPS) is 20.2. The summed E-state index contributed by atoms with van der Waals surface area (Å²) in [5, 5.41) is 12.9. The lowest BCUT2D eigenvalue weighted by molar-refractivity contribution is 0.483. The van der Waals surface area contributed by atoms with Gasteiger partial charge in [0.25, 0.3) is 10.0 Å². The number of aryl methyl sites for hydroxylation is 1. The first-order valence-corrected chi connectivity index (χ1v) is 9.53. The fraction of sp³-hybridized carbons (Fsp3) is 0.529. The smallest absolute Gasteiger partial charge is 0.200 e. The second-order valence-corrected chi connectivity index (χ2v) is 7.66. The molecule has 1 aromatic rings. The number of nitrogens with zero attached hydrogens (tertiary/aromatic N) is 2. The Kier molecular flexibility index (Phi) is 6.17. The van der Waals surface area contributed by atoms with E-state index in [1.807, 2.05) is 6.92 Å². The van der Waals surface area contributed by atoms with Crippen LogP contribution in [-0.2, 0) is 10.0 Å². The average molecular weight is 333 g/mol. The number of unbranched alkanes of at least 4 members (excludes halogenated alkanes) is 1. The van der Waals surface area contributed by atoms with Crippen molar-refractivity contribution in [3.8, 4) is 6.07 Å². The molecule has 2 rings (SSSR count). The Bertz CT molecular complexity index is 688. The van der Waals surface area contributed by atoms with Crippen LogP contribution in [0.2, 0.25) is 0 Å². The van der Waals surface area contributed by atoms with Crippen molar-refractivity contribution in [1.29, 1.82) is 5.26 Å². The highest BCUT2D eigenvalue weighted by Gasteiger charge is 2.21.